The van der Waals surface area contributed by atoms with Crippen LogP contribution in [-0.4, -0.2) is 16.9 Å². The number of hydrogen-bond donors (Lipinski definition) is 1. The highest BCUT2D eigenvalue weighted by Crippen LogP contribution is 2.36. The van der Waals surface area contributed by atoms with Crippen LogP contribution in [0.1, 0.15) is 39.3 Å². The molecule has 0 spiro atoms. The molecule has 0 aromatic carbocycles. The van der Waals surface area contributed by atoms with Crippen LogP contribution in [-0.2, 0) is 0 Å². The lowest BCUT2D eigenvalue weighted by Gasteiger charge is -2.04. The Balaban J connectivity index is 2.14. The zero-order chi connectivity index (χ0) is 13.7. The molecule has 0 atom stereocenters. The first-order valence-corrected chi connectivity index (χ1v) is 7.55. The van der Waals surface area contributed by atoms with Crippen LogP contribution in [0.4, 0.5) is 0 Å². The van der Waals surface area contributed by atoms with Crippen molar-refractivity contribution in [3.63, 3.8) is 0 Å². The number of hydrogen-bond acceptors (Lipinski definition) is 3. The van der Waals surface area contributed by atoms with E-state index < -0.39 is 0 Å². The summed E-state index contributed by atoms with van der Waals surface area (Å²) in [6.07, 6.45) is 2.19. The van der Waals surface area contributed by atoms with Gasteiger partial charge in [-0.1, -0.05) is 11.6 Å². The number of rotatable bonds is 2. The second kappa shape index (κ2) is 4.46. The van der Waals surface area contributed by atoms with Crippen molar-refractivity contribution in [2.45, 2.75) is 39.7 Å². The topological polar surface area (TPSA) is 42.0 Å². The first-order chi connectivity index (χ1) is 8.99. The van der Waals surface area contributed by atoms with Crippen LogP contribution in [0.3, 0.4) is 0 Å². The predicted octanol–water partition coefficient (Wildman–Crippen LogP) is 3.77. The molecule has 19 heavy (non-hydrogen) atoms. The van der Waals surface area contributed by atoms with Gasteiger partial charge in [0.1, 0.15) is 4.83 Å². The average Bonchev–Trinajstić information content (AvgIpc) is 3.10. The monoisotopic (exact) mass is 294 g/mol. The third kappa shape index (κ3) is 2.13. The quantitative estimate of drug-likeness (QED) is 0.916. The van der Waals surface area contributed by atoms with E-state index in [-0.39, 0.29) is 5.91 Å². The smallest absolute Gasteiger partial charge is 0.261 e. The van der Waals surface area contributed by atoms with Crippen molar-refractivity contribution in [2.75, 3.05) is 0 Å². The van der Waals surface area contributed by atoms with Gasteiger partial charge in [-0.2, -0.15) is 0 Å². The molecule has 0 bridgehead atoms. The molecular formula is C14H15ClN2OS. The maximum atomic E-state index is 12.2. The summed E-state index contributed by atoms with van der Waals surface area (Å²) in [6.45, 7) is 5.86. The van der Waals surface area contributed by atoms with E-state index in [0.717, 1.165) is 44.8 Å². The fraction of sp³-hybridized carbons (Fsp3) is 0.429. The maximum absolute atomic E-state index is 12.2. The van der Waals surface area contributed by atoms with E-state index in [1.165, 1.54) is 11.3 Å². The van der Waals surface area contributed by atoms with Gasteiger partial charge < -0.3 is 5.32 Å². The van der Waals surface area contributed by atoms with Gasteiger partial charge in [0.2, 0.25) is 0 Å². The average molecular weight is 295 g/mol. The molecule has 3 nitrogen and oxygen atoms in total. The fourth-order valence-corrected chi connectivity index (χ4v) is 3.62. The third-order valence-electron chi connectivity index (χ3n) is 3.54. The minimum atomic E-state index is 0.0242. The molecule has 1 fully saturated rings. The minimum Gasteiger partial charge on any atom is -0.349 e. The highest BCUT2D eigenvalue weighted by Gasteiger charge is 2.26. The number of aromatic nitrogens is 1. The lowest BCUT2D eigenvalue weighted by Crippen LogP contribution is -2.24. The molecule has 1 amide bonds. The van der Waals surface area contributed by atoms with Crippen molar-refractivity contribution in [1.29, 1.82) is 0 Å². The molecule has 2 aromatic heterocycles. The number of amides is 1. The van der Waals surface area contributed by atoms with Crippen LogP contribution in [0.15, 0.2) is 0 Å². The van der Waals surface area contributed by atoms with Gasteiger partial charge in [-0.15, -0.1) is 11.3 Å². The Hall–Kier alpha value is -1.13. The van der Waals surface area contributed by atoms with Crippen molar-refractivity contribution >= 4 is 39.1 Å². The van der Waals surface area contributed by atoms with Gasteiger partial charge >= 0.3 is 0 Å². The molecule has 0 saturated heterocycles. The largest absolute Gasteiger partial charge is 0.349 e. The molecule has 0 radical (unpaired) electrons. The van der Waals surface area contributed by atoms with Crippen LogP contribution in [0, 0.1) is 20.8 Å². The lowest BCUT2D eigenvalue weighted by molar-refractivity contribution is 0.0954. The fourth-order valence-electron chi connectivity index (χ4n) is 2.30. The second-order valence-electron chi connectivity index (χ2n) is 5.12. The Kier molecular flexibility index (Phi) is 3.02. The van der Waals surface area contributed by atoms with Gasteiger partial charge in [-0.3, -0.25) is 4.79 Å². The summed E-state index contributed by atoms with van der Waals surface area (Å²) < 4.78 is 0. The molecule has 3 rings (SSSR count). The van der Waals surface area contributed by atoms with Crippen molar-refractivity contribution < 1.29 is 4.79 Å². The third-order valence-corrected chi connectivity index (χ3v) is 5.28. The number of fused-ring (bicyclic) bond motifs is 1. The van der Waals surface area contributed by atoms with Gasteiger partial charge in [0.05, 0.1) is 15.6 Å². The Labute approximate surface area is 121 Å². The van der Waals surface area contributed by atoms with Gasteiger partial charge in [-0.25, -0.2) is 4.98 Å². The summed E-state index contributed by atoms with van der Waals surface area (Å²) in [6, 6.07) is 0.372. The Morgan fingerprint density at radius 2 is 2.00 bits per heavy atom. The van der Waals surface area contributed by atoms with Crippen molar-refractivity contribution in [2.24, 2.45) is 0 Å². The molecule has 100 valence electrons. The first kappa shape index (κ1) is 12.9. The van der Waals surface area contributed by atoms with Gasteiger partial charge in [-0.05, 0) is 44.7 Å². The minimum absolute atomic E-state index is 0.0242. The van der Waals surface area contributed by atoms with Crippen LogP contribution < -0.4 is 5.32 Å². The van der Waals surface area contributed by atoms with Gasteiger partial charge in [0.25, 0.3) is 5.91 Å². The molecule has 0 aliphatic heterocycles. The Morgan fingerprint density at radius 3 is 2.63 bits per heavy atom. The molecule has 1 aliphatic rings. The van der Waals surface area contributed by atoms with Crippen molar-refractivity contribution in [1.82, 2.24) is 10.3 Å². The van der Waals surface area contributed by atoms with Gasteiger partial charge in [0.15, 0.2) is 0 Å². The number of pyridine rings is 1. The number of thiophene rings is 1. The predicted molar refractivity (Wildman–Crippen MR) is 79.3 cm³/mol. The molecule has 5 heteroatoms. The maximum Gasteiger partial charge on any atom is 0.261 e. The lowest BCUT2D eigenvalue weighted by atomic mass is 10.1. The summed E-state index contributed by atoms with van der Waals surface area (Å²) in [5, 5.41) is 4.76. The highest BCUT2D eigenvalue weighted by molar-refractivity contribution is 7.20. The number of nitrogens with zero attached hydrogens (tertiary/aromatic N) is 1. The number of nitrogens with one attached hydrogen (secondary N) is 1. The number of halogens is 1. The summed E-state index contributed by atoms with van der Waals surface area (Å²) >= 11 is 7.71. The van der Waals surface area contributed by atoms with E-state index in [4.69, 9.17) is 11.6 Å². The number of carbonyl (C=O) groups excluding carboxylic acids is 1. The number of carbonyl (C=O) groups is 1. The van der Waals surface area contributed by atoms with Crippen molar-refractivity contribution in [3.05, 3.63) is 26.7 Å². The van der Waals surface area contributed by atoms with E-state index in [1.54, 1.807) is 0 Å². The molecule has 2 aromatic rings. The van der Waals surface area contributed by atoms with E-state index in [0.29, 0.717) is 11.1 Å². The molecular weight excluding hydrogens is 280 g/mol. The summed E-state index contributed by atoms with van der Waals surface area (Å²) in [4.78, 5) is 18.4. The van der Waals surface area contributed by atoms with Crippen LogP contribution in [0.5, 0.6) is 0 Å². The molecule has 1 aliphatic carbocycles. The van der Waals surface area contributed by atoms with Gasteiger partial charge in [0, 0.05) is 11.4 Å². The Morgan fingerprint density at radius 1 is 1.32 bits per heavy atom. The summed E-state index contributed by atoms with van der Waals surface area (Å²) in [7, 11) is 0. The SMILES string of the molecule is Cc1nc2sc(C(=O)NC3CC3)c(C)c2c(C)c1Cl. The van der Waals surface area contributed by atoms with Crippen LogP contribution >= 0.6 is 22.9 Å². The van der Waals surface area contributed by atoms with E-state index >= 15 is 0 Å². The van der Waals surface area contributed by atoms with Crippen LogP contribution in [0.25, 0.3) is 10.2 Å². The van der Waals surface area contributed by atoms with E-state index in [2.05, 4.69) is 10.3 Å². The van der Waals surface area contributed by atoms with Crippen LogP contribution in [0.2, 0.25) is 5.02 Å². The first-order valence-electron chi connectivity index (χ1n) is 6.35. The van der Waals surface area contributed by atoms with E-state index in [1.807, 2.05) is 20.8 Å². The highest BCUT2D eigenvalue weighted by atomic mass is 35.5. The zero-order valence-electron chi connectivity index (χ0n) is 11.1. The second-order valence-corrected chi connectivity index (χ2v) is 6.50. The molecule has 1 N–H and O–H groups in total. The standard InChI is InChI=1S/C14H15ClN2OS/c1-6-10-7(2)12(13(18)17-9-4-5-9)19-14(10)16-8(3)11(6)15/h9H,4-5H2,1-3H3,(H,17,18). The number of aryl methyl sites for hydroxylation is 3. The summed E-state index contributed by atoms with van der Waals surface area (Å²) in [5.41, 5.74) is 2.83. The zero-order valence-corrected chi connectivity index (χ0v) is 12.7. The Bertz CT molecular complexity index is 689. The summed E-state index contributed by atoms with van der Waals surface area (Å²) in [5.74, 6) is 0.0242. The van der Waals surface area contributed by atoms with E-state index in [9.17, 15) is 4.79 Å². The normalized spacial score (nSPS) is 14.9. The molecule has 0 unspecified atom stereocenters. The van der Waals surface area contributed by atoms with Crippen molar-refractivity contribution in [3.8, 4) is 0 Å². The molecule has 2 heterocycles. The molecule has 1 saturated carbocycles.